The van der Waals surface area contributed by atoms with Crippen LogP contribution in [-0.2, 0) is 16.4 Å². The third-order valence-electron chi connectivity index (χ3n) is 2.86. The summed E-state index contributed by atoms with van der Waals surface area (Å²) in [6, 6.07) is 11.8. The summed E-state index contributed by atoms with van der Waals surface area (Å²) in [6.07, 6.45) is 0.518. The fourth-order valence-electron chi connectivity index (χ4n) is 1.90. The topological polar surface area (TPSA) is 72.2 Å². The van der Waals surface area contributed by atoms with Gasteiger partial charge in [-0.05, 0) is 36.2 Å². The molecule has 2 rings (SSSR count). The third-order valence-corrected chi connectivity index (χ3v) is 5.10. The van der Waals surface area contributed by atoms with Gasteiger partial charge in [0.15, 0.2) is 0 Å². The van der Waals surface area contributed by atoms with E-state index in [1.54, 1.807) is 18.2 Å². The molecular weight excluding hydrogens is 331 g/mol. The summed E-state index contributed by atoms with van der Waals surface area (Å²) in [6.45, 7) is 0.230. The maximum absolute atomic E-state index is 12.2. The van der Waals surface area contributed by atoms with Gasteiger partial charge in [0.1, 0.15) is 4.90 Å². The first kappa shape index (κ1) is 16.1. The number of nitrogens with one attached hydrogen (secondary N) is 1. The predicted molar refractivity (Wildman–Crippen MR) is 86.2 cm³/mol. The highest BCUT2D eigenvalue weighted by Crippen LogP contribution is 2.26. The number of nitrogen functional groups attached to an aromatic ring is 1. The average Bonchev–Trinajstić information content (AvgIpc) is 2.38. The van der Waals surface area contributed by atoms with Gasteiger partial charge in [0.05, 0.1) is 10.7 Å². The van der Waals surface area contributed by atoms with E-state index in [0.717, 1.165) is 5.56 Å². The molecular formula is C14H14Cl2N2O2S. The molecule has 0 aliphatic carbocycles. The minimum Gasteiger partial charge on any atom is -0.398 e. The van der Waals surface area contributed by atoms with Gasteiger partial charge in [-0.15, -0.1) is 0 Å². The molecule has 3 N–H and O–H groups in total. The van der Waals surface area contributed by atoms with Crippen LogP contribution in [0.2, 0.25) is 10.0 Å². The minimum atomic E-state index is -3.74. The molecule has 0 radical (unpaired) electrons. The van der Waals surface area contributed by atoms with Crippen molar-refractivity contribution >= 4 is 38.9 Å². The molecule has 0 bridgehead atoms. The zero-order chi connectivity index (χ0) is 15.5. The molecule has 0 saturated heterocycles. The minimum absolute atomic E-state index is 0.0854. The number of hydrogen-bond acceptors (Lipinski definition) is 3. The molecule has 21 heavy (non-hydrogen) atoms. The standard InChI is InChI=1S/C14H14Cl2N2O2S/c15-11-4-1-3-10(9-11)7-8-18-21(19,20)14-12(16)5-2-6-13(14)17/h1-6,9,18H,7-8,17H2. The van der Waals surface area contributed by atoms with E-state index in [0.29, 0.717) is 11.4 Å². The lowest BCUT2D eigenvalue weighted by molar-refractivity contribution is 0.582. The second kappa shape index (κ2) is 6.66. The van der Waals surface area contributed by atoms with E-state index < -0.39 is 10.0 Å². The summed E-state index contributed by atoms with van der Waals surface area (Å²) in [5, 5.41) is 0.718. The van der Waals surface area contributed by atoms with Crippen LogP contribution in [0.1, 0.15) is 5.56 Å². The maximum atomic E-state index is 12.2. The number of rotatable bonds is 5. The van der Waals surface area contributed by atoms with Crippen molar-refractivity contribution in [1.29, 1.82) is 0 Å². The Morgan fingerprint density at radius 3 is 2.48 bits per heavy atom. The molecule has 7 heteroatoms. The third kappa shape index (κ3) is 4.11. The van der Waals surface area contributed by atoms with Crippen LogP contribution in [0.3, 0.4) is 0 Å². The number of hydrogen-bond donors (Lipinski definition) is 2. The molecule has 0 atom stereocenters. The van der Waals surface area contributed by atoms with Crippen LogP contribution < -0.4 is 10.5 Å². The SMILES string of the molecule is Nc1cccc(Cl)c1S(=O)(=O)NCCc1cccc(Cl)c1. The summed E-state index contributed by atoms with van der Waals surface area (Å²) in [5.74, 6) is 0. The van der Waals surface area contributed by atoms with Crippen molar-refractivity contribution in [3.05, 3.63) is 58.1 Å². The first-order chi connectivity index (χ1) is 9.90. The van der Waals surface area contributed by atoms with Crippen molar-refractivity contribution in [2.24, 2.45) is 0 Å². The molecule has 0 aliphatic rings. The van der Waals surface area contributed by atoms with E-state index in [9.17, 15) is 8.42 Å². The highest BCUT2D eigenvalue weighted by atomic mass is 35.5. The normalized spacial score (nSPS) is 11.5. The molecule has 2 aromatic rings. The number of halogens is 2. The van der Waals surface area contributed by atoms with Gasteiger partial charge in [0.25, 0.3) is 0 Å². The molecule has 0 fully saturated rings. The van der Waals surface area contributed by atoms with Crippen LogP contribution in [0.5, 0.6) is 0 Å². The second-order valence-electron chi connectivity index (χ2n) is 4.44. The molecule has 112 valence electrons. The van der Waals surface area contributed by atoms with Crippen molar-refractivity contribution in [2.45, 2.75) is 11.3 Å². The molecule has 0 heterocycles. The Balaban J connectivity index is 2.09. The van der Waals surface area contributed by atoms with Gasteiger partial charge in [0.2, 0.25) is 10.0 Å². The Kier molecular flexibility index (Phi) is 5.11. The van der Waals surface area contributed by atoms with Gasteiger partial charge in [-0.25, -0.2) is 13.1 Å². The van der Waals surface area contributed by atoms with Crippen LogP contribution in [0.25, 0.3) is 0 Å². The second-order valence-corrected chi connectivity index (χ2v) is 6.98. The lowest BCUT2D eigenvalue weighted by atomic mass is 10.2. The Hall–Kier alpha value is -1.27. The fourth-order valence-corrected chi connectivity index (χ4v) is 3.82. The first-order valence-corrected chi connectivity index (χ1v) is 8.42. The smallest absolute Gasteiger partial charge is 0.244 e. The van der Waals surface area contributed by atoms with Gasteiger partial charge in [-0.1, -0.05) is 41.4 Å². The van der Waals surface area contributed by atoms with Crippen molar-refractivity contribution < 1.29 is 8.42 Å². The van der Waals surface area contributed by atoms with Crippen molar-refractivity contribution in [2.75, 3.05) is 12.3 Å². The van der Waals surface area contributed by atoms with E-state index in [-0.39, 0.29) is 22.2 Å². The number of nitrogens with two attached hydrogens (primary N) is 1. The predicted octanol–water partition coefficient (Wildman–Crippen LogP) is 3.10. The van der Waals surface area contributed by atoms with Crippen LogP contribution in [0.4, 0.5) is 5.69 Å². The van der Waals surface area contributed by atoms with Gasteiger partial charge in [-0.3, -0.25) is 0 Å². The van der Waals surface area contributed by atoms with Gasteiger partial charge in [-0.2, -0.15) is 0 Å². The molecule has 4 nitrogen and oxygen atoms in total. The highest BCUT2D eigenvalue weighted by Gasteiger charge is 2.20. The Morgan fingerprint density at radius 2 is 1.81 bits per heavy atom. The number of sulfonamides is 1. The quantitative estimate of drug-likeness (QED) is 0.818. The maximum Gasteiger partial charge on any atom is 0.244 e. The molecule has 0 amide bonds. The molecule has 0 spiro atoms. The largest absolute Gasteiger partial charge is 0.398 e. The van der Waals surface area contributed by atoms with Crippen molar-refractivity contribution in [3.8, 4) is 0 Å². The van der Waals surface area contributed by atoms with Gasteiger partial charge in [0, 0.05) is 11.6 Å². The number of anilines is 1. The Bertz CT molecular complexity index is 728. The zero-order valence-electron chi connectivity index (χ0n) is 11.0. The highest BCUT2D eigenvalue weighted by molar-refractivity contribution is 7.89. The summed E-state index contributed by atoms with van der Waals surface area (Å²) < 4.78 is 26.9. The van der Waals surface area contributed by atoms with Crippen LogP contribution >= 0.6 is 23.2 Å². The molecule has 0 aromatic heterocycles. The Labute approximate surface area is 133 Å². The van der Waals surface area contributed by atoms with Crippen LogP contribution in [0, 0.1) is 0 Å². The molecule has 0 aliphatic heterocycles. The fraction of sp³-hybridized carbons (Fsp3) is 0.143. The first-order valence-electron chi connectivity index (χ1n) is 6.18. The van der Waals surface area contributed by atoms with E-state index in [2.05, 4.69) is 4.72 Å². The molecule has 0 saturated carbocycles. The molecule has 0 unspecified atom stereocenters. The summed E-state index contributed by atoms with van der Waals surface area (Å²) in [4.78, 5) is -0.0854. The van der Waals surface area contributed by atoms with E-state index in [1.165, 1.54) is 12.1 Å². The van der Waals surface area contributed by atoms with Crippen molar-refractivity contribution in [3.63, 3.8) is 0 Å². The van der Waals surface area contributed by atoms with Crippen LogP contribution in [-0.4, -0.2) is 15.0 Å². The van der Waals surface area contributed by atoms with Gasteiger partial charge >= 0.3 is 0 Å². The summed E-state index contributed by atoms with van der Waals surface area (Å²) in [7, 11) is -3.74. The summed E-state index contributed by atoms with van der Waals surface area (Å²) >= 11 is 11.8. The van der Waals surface area contributed by atoms with Gasteiger partial charge < -0.3 is 5.73 Å². The monoisotopic (exact) mass is 344 g/mol. The van der Waals surface area contributed by atoms with Crippen LogP contribution in [0.15, 0.2) is 47.4 Å². The van der Waals surface area contributed by atoms with Crippen molar-refractivity contribution in [1.82, 2.24) is 4.72 Å². The Morgan fingerprint density at radius 1 is 1.10 bits per heavy atom. The molecule has 2 aromatic carbocycles. The zero-order valence-corrected chi connectivity index (χ0v) is 13.3. The van der Waals surface area contributed by atoms with E-state index in [1.807, 2.05) is 12.1 Å². The lowest BCUT2D eigenvalue weighted by Crippen LogP contribution is -2.27. The average molecular weight is 345 g/mol. The summed E-state index contributed by atoms with van der Waals surface area (Å²) in [5.41, 5.74) is 6.75. The van der Waals surface area contributed by atoms with E-state index >= 15 is 0 Å². The number of benzene rings is 2. The van der Waals surface area contributed by atoms with E-state index in [4.69, 9.17) is 28.9 Å². The lowest BCUT2D eigenvalue weighted by Gasteiger charge is -2.10.